The van der Waals surface area contributed by atoms with Gasteiger partial charge in [0.1, 0.15) is 5.75 Å². The fourth-order valence-electron chi connectivity index (χ4n) is 1.53. The van der Waals surface area contributed by atoms with Crippen LogP contribution in [0.15, 0.2) is 53.6 Å². The van der Waals surface area contributed by atoms with Gasteiger partial charge < -0.3 is 10.4 Å². The number of rotatable bonds is 3. The van der Waals surface area contributed by atoms with Crippen LogP contribution in [0.5, 0.6) is 5.75 Å². The van der Waals surface area contributed by atoms with Crippen molar-refractivity contribution in [3.05, 3.63) is 59.1 Å². The van der Waals surface area contributed by atoms with Gasteiger partial charge in [0.15, 0.2) is 0 Å². The van der Waals surface area contributed by atoms with Crippen molar-refractivity contribution >= 4 is 35.3 Å². The Morgan fingerprint density at radius 3 is 2.41 bits per heavy atom. The number of nitrogens with zero attached hydrogens (tertiary/aromatic N) is 1. The summed E-state index contributed by atoms with van der Waals surface area (Å²) < 4.78 is 0. The first-order chi connectivity index (χ1) is 10.6. The second-order valence-electron chi connectivity index (χ2n) is 4.22. The van der Waals surface area contributed by atoms with Crippen LogP contribution in [0.3, 0.4) is 0 Å². The van der Waals surface area contributed by atoms with E-state index in [2.05, 4.69) is 15.8 Å². The van der Waals surface area contributed by atoms with Gasteiger partial charge in [0, 0.05) is 16.3 Å². The molecule has 22 heavy (non-hydrogen) atoms. The Morgan fingerprint density at radius 2 is 1.73 bits per heavy atom. The number of benzene rings is 2. The normalized spacial score (nSPS) is 10.4. The molecule has 0 fully saturated rings. The fraction of sp³-hybridized carbons (Fsp3) is 0. The number of phenolic OH excluding ortho intramolecular Hbond substituents is 1. The van der Waals surface area contributed by atoms with E-state index in [-0.39, 0.29) is 5.75 Å². The maximum Gasteiger partial charge on any atom is 0.329 e. The first-order valence-corrected chi connectivity index (χ1v) is 6.62. The van der Waals surface area contributed by atoms with Crippen molar-refractivity contribution in [1.82, 2.24) is 5.43 Å². The van der Waals surface area contributed by atoms with E-state index in [4.69, 9.17) is 11.6 Å². The average molecular weight is 318 g/mol. The van der Waals surface area contributed by atoms with Crippen LogP contribution in [-0.2, 0) is 9.59 Å². The Labute approximate surface area is 131 Å². The van der Waals surface area contributed by atoms with Crippen molar-refractivity contribution in [1.29, 1.82) is 0 Å². The summed E-state index contributed by atoms with van der Waals surface area (Å²) in [5.41, 5.74) is 2.93. The Morgan fingerprint density at radius 1 is 1.05 bits per heavy atom. The molecule has 0 spiro atoms. The molecule has 2 aromatic carbocycles. The number of carbonyl (C=O) groups is 2. The highest BCUT2D eigenvalue weighted by Crippen LogP contribution is 2.13. The molecule has 3 N–H and O–H groups in total. The van der Waals surface area contributed by atoms with E-state index in [0.717, 1.165) is 0 Å². The van der Waals surface area contributed by atoms with Gasteiger partial charge in [-0.1, -0.05) is 23.7 Å². The number of phenols is 1. The number of aromatic hydroxyl groups is 1. The molecule has 0 heterocycles. The lowest BCUT2D eigenvalue weighted by atomic mass is 10.2. The van der Waals surface area contributed by atoms with E-state index in [1.807, 2.05) is 0 Å². The van der Waals surface area contributed by atoms with Gasteiger partial charge in [0.25, 0.3) is 0 Å². The lowest BCUT2D eigenvalue weighted by Crippen LogP contribution is -2.32. The molecule has 0 saturated heterocycles. The largest absolute Gasteiger partial charge is 0.507 e. The Hall–Kier alpha value is -2.86. The lowest BCUT2D eigenvalue weighted by molar-refractivity contribution is -0.136. The summed E-state index contributed by atoms with van der Waals surface area (Å²) in [5.74, 6) is -1.77. The quantitative estimate of drug-likeness (QED) is 0.460. The van der Waals surface area contributed by atoms with Gasteiger partial charge in [0.2, 0.25) is 0 Å². The fourth-order valence-corrected chi connectivity index (χ4v) is 1.65. The van der Waals surface area contributed by atoms with Crippen LogP contribution < -0.4 is 10.7 Å². The lowest BCUT2D eigenvalue weighted by Gasteiger charge is -2.03. The molecular formula is C15H12ClN3O3. The van der Waals surface area contributed by atoms with Gasteiger partial charge in [-0.3, -0.25) is 9.59 Å². The molecular weight excluding hydrogens is 306 g/mol. The number of hydrogen-bond acceptors (Lipinski definition) is 4. The zero-order valence-electron chi connectivity index (χ0n) is 11.3. The number of para-hydroxylation sites is 1. The molecule has 0 aromatic heterocycles. The Kier molecular flexibility index (Phi) is 5.11. The van der Waals surface area contributed by atoms with E-state index in [1.165, 1.54) is 12.3 Å². The van der Waals surface area contributed by atoms with Crippen LogP contribution in [0.25, 0.3) is 0 Å². The monoisotopic (exact) mass is 317 g/mol. The highest BCUT2D eigenvalue weighted by atomic mass is 35.5. The van der Waals surface area contributed by atoms with Crippen LogP contribution in [0.4, 0.5) is 5.69 Å². The van der Waals surface area contributed by atoms with Gasteiger partial charge in [-0.05, 0) is 36.4 Å². The number of amides is 2. The third-order valence-electron chi connectivity index (χ3n) is 2.61. The number of carbonyl (C=O) groups excluding carboxylic acids is 2. The number of nitrogens with one attached hydrogen (secondary N) is 2. The first kappa shape index (κ1) is 15.5. The molecule has 2 amide bonds. The Bertz CT molecular complexity index is 714. The smallest absolute Gasteiger partial charge is 0.329 e. The molecule has 0 atom stereocenters. The molecule has 0 aliphatic heterocycles. The minimum atomic E-state index is -0.929. The van der Waals surface area contributed by atoms with Crippen LogP contribution in [0.1, 0.15) is 5.56 Å². The van der Waals surface area contributed by atoms with Gasteiger partial charge >= 0.3 is 11.8 Å². The van der Waals surface area contributed by atoms with E-state index in [1.54, 1.807) is 42.5 Å². The topological polar surface area (TPSA) is 90.8 Å². The molecule has 0 aliphatic carbocycles. The number of hydrazone groups is 1. The Balaban J connectivity index is 1.90. The van der Waals surface area contributed by atoms with E-state index in [0.29, 0.717) is 16.3 Å². The van der Waals surface area contributed by atoms with E-state index < -0.39 is 11.8 Å². The van der Waals surface area contributed by atoms with Crippen molar-refractivity contribution in [3.8, 4) is 5.75 Å². The number of hydrogen-bond donors (Lipinski definition) is 3. The third kappa shape index (κ3) is 4.32. The van der Waals surface area contributed by atoms with Crippen LogP contribution in [-0.4, -0.2) is 23.1 Å². The van der Waals surface area contributed by atoms with Crippen LogP contribution >= 0.6 is 11.6 Å². The average Bonchev–Trinajstić information content (AvgIpc) is 2.51. The van der Waals surface area contributed by atoms with Crippen molar-refractivity contribution < 1.29 is 14.7 Å². The number of anilines is 1. The van der Waals surface area contributed by atoms with Crippen LogP contribution in [0, 0.1) is 0 Å². The SMILES string of the molecule is O=C(NN=Cc1ccccc1O)C(=O)Nc1ccc(Cl)cc1. The molecule has 112 valence electrons. The maximum absolute atomic E-state index is 11.6. The first-order valence-electron chi connectivity index (χ1n) is 6.24. The summed E-state index contributed by atoms with van der Waals surface area (Å²) in [5, 5.41) is 16.0. The summed E-state index contributed by atoms with van der Waals surface area (Å²) >= 11 is 5.72. The van der Waals surface area contributed by atoms with Crippen molar-refractivity contribution in [2.45, 2.75) is 0 Å². The highest BCUT2D eigenvalue weighted by molar-refractivity contribution is 6.39. The maximum atomic E-state index is 11.6. The number of halogens is 1. The molecule has 0 bridgehead atoms. The molecule has 2 aromatic rings. The minimum Gasteiger partial charge on any atom is -0.507 e. The predicted octanol–water partition coefficient (Wildman–Crippen LogP) is 2.13. The minimum absolute atomic E-state index is 0.0196. The molecule has 0 saturated carbocycles. The molecule has 2 rings (SSSR count). The highest BCUT2D eigenvalue weighted by Gasteiger charge is 2.12. The van der Waals surface area contributed by atoms with E-state index in [9.17, 15) is 14.7 Å². The van der Waals surface area contributed by atoms with Crippen molar-refractivity contribution in [3.63, 3.8) is 0 Å². The summed E-state index contributed by atoms with van der Waals surface area (Å²) in [7, 11) is 0. The summed E-state index contributed by atoms with van der Waals surface area (Å²) in [6.45, 7) is 0. The molecule has 7 heteroatoms. The zero-order valence-corrected chi connectivity index (χ0v) is 12.0. The van der Waals surface area contributed by atoms with Crippen molar-refractivity contribution in [2.75, 3.05) is 5.32 Å². The molecule has 0 radical (unpaired) electrons. The van der Waals surface area contributed by atoms with Gasteiger partial charge in [-0.15, -0.1) is 0 Å². The summed E-state index contributed by atoms with van der Waals surface area (Å²) in [6.07, 6.45) is 1.24. The third-order valence-corrected chi connectivity index (χ3v) is 2.87. The summed E-state index contributed by atoms with van der Waals surface area (Å²) in [4.78, 5) is 23.2. The van der Waals surface area contributed by atoms with Gasteiger partial charge in [-0.25, -0.2) is 5.43 Å². The predicted molar refractivity (Wildman–Crippen MR) is 83.9 cm³/mol. The second-order valence-corrected chi connectivity index (χ2v) is 4.66. The molecule has 0 aliphatic rings. The van der Waals surface area contributed by atoms with E-state index >= 15 is 0 Å². The second kappa shape index (κ2) is 7.24. The van der Waals surface area contributed by atoms with Gasteiger partial charge in [0.05, 0.1) is 6.21 Å². The molecule has 0 unspecified atom stereocenters. The standard InChI is InChI=1S/C15H12ClN3O3/c16-11-5-7-12(8-6-11)18-14(21)15(22)19-17-9-10-3-1-2-4-13(10)20/h1-9,20H,(H,18,21)(H,19,22). The zero-order chi connectivity index (χ0) is 15.9. The van der Waals surface area contributed by atoms with Gasteiger partial charge in [-0.2, -0.15) is 5.10 Å². The molecule has 6 nitrogen and oxygen atoms in total. The van der Waals surface area contributed by atoms with Crippen LogP contribution in [0.2, 0.25) is 5.02 Å². The van der Waals surface area contributed by atoms with Crippen molar-refractivity contribution in [2.24, 2.45) is 5.10 Å². The summed E-state index contributed by atoms with van der Waals surface area (Å²) in [6, 6.07) is 12.8.